The van der Waals surface area contributed by atoms with Crippen molar-refractivity contribution in [2.75, 3.05) is 6.54 Å². The summed E-state index contributed by atoms with van der Waals surface area (Å²) in [7, 11) is 0. The first-order chi connectivity index (χ1) is 18.1. The fourth-order valence-electron chi connectivity index (χ4n) is 4.64. The van der Waals surface area contributed by atoms with E-state index in [2.05, 4.69) is 33.6 Å². The molecule has 0 spiro atoms. The van der Waals surface area contributed by atoms with E-state index in [9.17, 15) is 15.0 Å². The van der Waals surface area contributed by atoms with E-state index in [0.717, 1.165) is 30.5 Å². The number of rotatable bonds is 11. The molecule has 3 aromatic rings. The van der Waals surface area contributed by atoms with Crippen molar-refractivity contribution in [1.82, 2.24) is 4.90 Å². The number of hydrogen-bond donors (Lipinski definition) is 0. The van der Waals surface area contributed by atoms with E-state index >= 15 is 0 Å². The smallest absolute Gasteiger partial charge is 0.861 e. The predicted molar refractivity (Wildman–Crippen MR) is 144 cm³/mol. The molecule has 198 valence electrons. The molecule has 1 saturated heterocycles. The number of aliphatic imine (C=N–C) groups is 2. The van der Waals surface area contributed by atoms with Gasteiger partial charge in [-0.15, -0.1) is 6.58 Å². The molecule has 0 saturated carbocycles. The number of aliphatic carboxylic acids is 1. The minimum atomic E-state index is -1.25. The maximum Gasteiger partial charge on any atom is 2.00 e. The van der Waals surface area contributed by atoms with Crippen molar-refractivity contribution in [3.63, 3.8) is 0 Å². The molecule has 0 unspecified atom stereocenters. The number of carbonyl (C=O) groups is 1. The van der Waals surface area contributed by atoms with Crippen molar-refractivity contribution in [3.8, 4) is 0 Å². The van der Waals surface area contributed by atoms with Crippen LogP contribution in [0.3, 0.4) is 0 Å². The second-order valence-electron chi connectivity index (χ2n) is 9.13. The van der Waals surface area contributed by atoms with Gasteiger partial charge in [-0.3, -0.25) is 14.9 Å². The first kappa shape index (κ1) is 29.0. The summed E-state index contributed by atoms with van der Waals surface area (Å²) in [6.07, 6.45) is 4.13. The Morgan fingerprint density at radius 1 is 1.00 bits per heavy atom. The quantitative estimate of drug-likeness (QED) is 0.157. The van der Waals surface area contributed by atoms with Gasteiger partial charge in [-0.2, -0.15) is 0 Å². The molecule has 0 radical (unpaired) electrons. The van der Waals surface area contributed by atoms with Crippen LogP contribution in [0.2, 0.25) is 0 Å². The van der Waals surface area contributed by atoms with Crippen LogP contribution in [0.25, 0.3) is 0 Å². The normalized spacial score (nSPS) is 17.0. The first-order valence-electron chi connectivity index (χ1n) is 12.6. The molecular formula is C31H31N3NiO3. The van der Waals surface area contributed by atoms with E-state index in [1.165, 1.54) is 0 Å². The molecule has 0 aromatic heterocycles. The SMILES string of the molecule is C=CCC[C@H](N=C(c1ccccc1)c1ccccc1N=C([O-])[C@@H]1CCCN1Cc1ccccc1)C(=O)[O-].[Ni+2]. The Bertz CT molecular complexity index is 1260. The summed E-state index contributed by atoms with van der Waals surface area (Å²) in [6.45, 7) is 5.23. The van der Waals surface area contributed by atoms with Crippen molar-refractivity contribution in [2.45, 2.75) is 44.3 Å². The van der Waals surface area contributed by atoms with Crippen molar-refractivity contribution in [1.29, 1.82) is 0 Å². The number of hydrogen-bond acceptors (Lipinski definition) is 6. The van der Waals surface area contributed by atoms with Crippen molar-refractivity contribution in [2.24, 2.45) is 9.98 Å². The number of nitrogens with zero attached hydrogens (tertiary/aromatic N) is 3. The van der Waals surface area contributed by atoms with E-state index in [-0.39, 0.29) is 34.9 Å². The zero-order valence-electron chi connectivity index (χ0n) is 21.1. The first-order valence-corrected chi connectivity index (χ1v) is 12.6. The van der Waals surface area contributed by atoms with Gasteiger partial charge in [-0.1, -0.05) is 84.9 Å². The fourth-order valence-corrected chi connectivity index (χ4v) is 4.64. The van der Waals surface area contributed by atoms with Gasteiger partial charge in [0.25, 0.3) is 0 Å². The third kappa shape index (κ3) is 7.50. The summed E-state index contributed by atoms with van der Waals surface area (Å²) in [6, 6.07) is 25.4. The Labute approximate surface area is 234 Å². The molecule has 1 aliphatic heterocycles. The third-order valence-electron chi connectivity index (χ3n) is 6.52. The minimum Gasteiger partial charge on any atom is -0.861 e. The van der Waals surface area contributed by atoms with Crippen molar-refractivity contribution < 1.29 is 31.5 Å². The maximum atomic E-state index is 13.4. The average Bonchev–Trinajstić information content (AvgIpc) is 3.38. The number of benzene rings is 3. The second kappa shape index (κ2) is 14.4. The van der Waals surface area contributed by atoms with Crippen molar-refractivity contribution >= 4 is 23.3 Å². The third-order valence-corrected chi connectivity index (χ3v) is 6.52. The van der Waals surface area contributed by atoms with Crippen LogP contribution in [-0.4, -0.2) is 41.1 Å². The van der Waals surface area contributed by atoms with Gasteiger partial charge in [0.1, 0.15) is 0 Å². The summed E-state index contributed by atoms with van der Waals surface area (Å²) in [5, 5.41) is 25.3. The van der Waals surface area contributed by atoms with Crippen LogP contribution in [0.15, 0.2) is 108 Å². The largest absolute Gasteiger partial charge is 2.00 e. The van der Waals surface area contributed by atoms with Crippen LogP contribution < -0.4 is 10.2 Å². The van der Waals surface area contributed by atoms with E-state index in [0.29, 0.717) is 29.9 Å². The van der Waals surface area contributed by atoms with Gasteiger partial charge in [0.05, 0.1) is 23.4 Å². The zero-order chi connectivity index (χ0) is 26.0. The van der Waals surface area contributed by atoms with E-state index in [1.54, 1.807) is 12.1 Å². The van der Waals surface area contributed by atoms with Crippen LogP contribution in [0.1, 0.15) is 42.4 Å². The molecule has 0 aliphatic carbocycles. The Morgan fingerprint density at radius 3 is 2.34 bits per heavy atom. The molecule has 3 aromatic carbocycles. The summed E-state index contributed by atoms with van der Waals surface area (Å²) in [5.41, 5.74) is 3.46. The number of para-hydroxylation sites is 1. The summed E-state index contributed by atoms with van der Waals surface area (Å²) < 4.78 is 0. The average molecular weight is 552 g/mol. The van der Waals surface area contributed by atoms with Crippen LogP contribution >= 0.6 is 0 Å². The number of carboxylic acid groups (broad SMARTS) is 1. The summed E-state index contributed by atoms with van der Waals surface area (Å²) in [5.74, 6) is -1.44. The van der Waals surface area contributed by atoms with E-state index < -0.39 is 12.0 Å². The van der Waals surface area contributed by atoms with Gasteiger partial charge in [0.2, 0.25) is 0 Å². The van der Waals surface area contributed by atoms with E-state index in [4.69, 9.17) is 0 Å². The zero-order valence-corrected chi connectivity index (χ0v) is 22.1. The monoisotopic (exact) mass is 551 g/mol. The topological polar surface area (TPSA) is 91.2 Å². The number of likely N-dealkylation sites (tertiary alicyclic amines) is 1. The Morgan fingerprint density at radius 2 is 1.66 bits per heavy atom. The summed E-state index contributed by atoms with van der Waals surface area (Å²) in [4.78, 5) is 23.2. The number of carboxylic acids is 1. The molecule has 38 heavy (non-hydrogen) atoms. The molecule has 1 heterocycles. The molecule has 0 bridgehead atoms. The molecule has 1 aliphatic rings. The molecule has 0 N–H and O–H groups in total. The van der Waals surface area contributed by atoms with E-state index in [1.807, 2.05) is 66.7 Å². The molecule has 6 nitrogen and oxygen atoms in total. The molecule has 7 heteroatoms. The molecule has 0 amide bonds. The van der Waals surface area contributed by atoms with Gasteiger partial charge in [-0.05, 0) is 49.8 Å². The van der Waals surface area contributed by atoms with Gasteiger partial charge >= 0.3 is 16.5 Å². The maximum absolute atomic E-state index is 13.4. The fraction of sp³-hybridized carbons (Fsp3) is 0.258. The molecule has 4 rings (SSSR count). The Balaban J connectivity index is 0.00000400. The van der Waals surface area contributed by atoms with Crippen molar-refractivity contribution in [3.05, 3.63) is 114 Å². The Hall–Kier alpha value is -3.54. The van der Waals surface area contributed by atoms with Gasteiger partial charge < -0.3 is 15.0 Å². The molecule has 2 atom stereocenters. The van der Waals surface area contributed by atoms with Crippen LogP contribution in [0.4, 0.5) is 5.69 Å². The Kier molecular flexibility index (Phi) is 11.0. The summed E-state index contributed by atoms with van der Waals surface area (Å²) >= 11 is 0. The van der Waals surface area contributed by atoms with Crippen LogP contribution in [-0.2, 0) is 27.8 Å². The number of allylic oxidation sites excluding steroid dienone is 1. The standard InChI is InChI=1S/C31H33N3O3.Ni/c1-2-3-18-27(31(36)37)32-29(24-15-8-5-9-16-24)25-17-10-11-19-26(25)33-30(35)28-20-12-21-34(28)22-23-13-6-4-7-14-23;/h2,4-11,13-17,19,27-28H,1,3,12,18,20-22H2,(H,33,35)(H,36,37);/q;+2/p-2/t27-,28-;/m0./s1. The predicted octanol–water partition coefficient (Wildman–Crippen LogP) is 3.66. The second-order valence-corrected chi connectivity index (χ2v) is 9.13. The van der Waals surface area contributed by atoms with Gasteiger partial charge in [0, 0.05) is 23.7 Å². The minimum absolute atomic E-state index is 0. The van der Waals surface area contributed by atoms with Crippen LogP contribution in [0.5, 0.6) is 0 Å². The van der Waals surface area contributed by atoms with Gasteiger partial charge in [0.15, 0.2) is 0 Å². The van der Waals surface area contributed by atoms with Gasteiger partial charge in [-0.25, -0.2) is 0 Å². The molecule has 1 fully saturated rings. The molecular weight excluding hydrogens is 521 g/mol. The number of carbonyl (C=O) groups excluding carboxylic acids is 1. The van der Waals surface area contributed by atoms with Crippen LogP contribution in [0, 0.1) is 0 Å².